The van der Waals surface area contributed by atoms with Crippen molar-refractivity contribution in [3.05, 3.63) is 35.4 Å². The van der Waals surface area contributed by atoms with E-state index in [4.69, 9.17) is 0 Å². The van der Waals surface area contributed by atoms with Gasteiger partial charge in [0.25, 0.3) is 0 Å². The van der Waals surface area contributed by atoms with E-state index in [0.717, 1.165) is 12.1 Å². The van der Waals surface area contributed by atoms with Crippen LogP contribution in [0, 0.1) is 0 Å². The second kappa shape index (κ2) is 5.96. The van der Waals surface area contributed by atoms with Gasteiger partial charge in [0.2, 0.25) is 0 Å². The number of benzene rings is 1. The fourth-order valence-electron chi connectivity index (χ4n) is 1.67. The average Bonchev–Trinajstić information content (AvgIpc) is 3.12. The van der Waals surface area contributed by atoms with Crippen LogP contribution >= 0.6 is 0 Å². The van der Waals surface area contributed by atoms with E-state index < -0.39 is 6.61 Å². The molecule has 0 radical (unpaired) electrons. The number of alkyl halides is 2. The summed E-state index contributed by atoms with van der Waals surface area (Å²) in [6, 6.07) is 7.35. The maximum atomic E-state index is 12.0. The predicted octanol–water partition coefficient (Wildman–Crippen LogP) is 3.44. The topological polar surface area (TPSA) is 21.3 Å². The van der Waals surface area contributed by atoms with Crippen LogP contribution in [0.15, 0.2) is 29.8 Å². The minimum absolute atomic E-state index is 0.191. The molecule has 98 valence electrons. The van der Waals surface area contributed by atoms with Crippen molar-refractivity contribution in [2.24, 2.45) is 0 Å². The molecule has 1 aliphatic rings. The van der Waals surface area contributed by atoms with Crippen LogP contribution in [0.2, 0.25) is 0 Å². The number of halogens is 2. The lowest BCUT2D eigenvalue weighted by Crippen LogP contribution is -2.18. The molecule has 1 fully saturated rings. The summed E-state index contributed by atoms with van der Waals surface area (Å²) in [7, 11) is 0. The zero-order valence-corrected chi connectivity index (χ0v) is 10.3. The lowest BCUT2D eigenvalue weighted by Gasteiger charge is -2.05. The second-order valence-electron chi connectivity index (χ2n) is 4.59. The van der Waals surface area contributed by atoms with Crippen LogP contribution in [0.1, 0.15) is 25.3 Å². The lowest BCUT2D eigenvalue weighted by atomic mass is 10.1. The normalized spacial score (nSPS) is 16.1. The summed E-state index contributed by atoms with van der Waals surface area (Å²) in [5, 5.41) is 3.42. The second-order valence-corrected chi connectivity index (χ2v) is 4.59. The molecule has 4 heteroatoms. The largest absolute Gasteiger partial charge is 0.435 e. The van der Waals surface area contributed by atoms with Crippen molar-refractivity contribution >= 4 is 6.08 Å². The van der Waals surface area contributed by atoms with Crippen LogP contribution in [0.4, 0.5) is 8.78 Å². The van der Waals surface area contributed by atoms with E-state index in [9.17, 15) is 8.78 Å². The Balaban J connectivity index is 1.89. The number of ether oxygens (including phenoxy) is 1. The number of hydrogen-bond acceptors (Lipinski definition) is 2. The fourth-order valence-corrected chi connectivity index (χ4v) is 1.67. The smallest absolute Gasteiger partial charge is 0.387 e. The highest BCUT2D eigenvalue weighted by atomic mass is 19.3. The van der Waals surface area contributed by atoms with E-state index >= 15 is 0 Å². The zero-order chi connectivity index (χ0) is 13.0. The van der Waals surface area contributed by atoms with Crippen molar-refractivity contribution in [1.82, 2.24) is 5.32 Å². The van der Waals surface area contributed by atoms with E-state index in [1.54, 1.807) is 24.3 Å². The van der Waals surface area contributed by atoms with Crippen molar-refractivity contribution in [1.29, 1.82) is 0 Å². The molecule has 1 aliphatic carbocycles. The molecule has 0 unspecified atom stereocenters. The van der Waals surface area contributed by atoms with Crippen molar-refractivity contribution in [3.8, 4) is 5.75 Å². The first-order chi connectivity index (χ1) is 8.63. The summed E-state index contributed by atoms with van der Waals surface area (Å²) in [4.78, 5) is 0. The minimum atomic E-state index is -2.77. The number of rotatable bonds is 6. The maximum Gasteiger partial charge on any atom is 0.387 e. The monoisotopic (exact) mass is 253 g/mol. The third kappa shape index (κ3) is 4.45. The lowest BCUT2D eigenvalue weighted by molar-refractivity contribution is -0.0498. The molecular weight excluding hydrogens is 236 g/mol. The van der Waals surface area contributed by atoms with E-state index in [-0.39, 0.29) is 5.75 Å². The summed E-state index contributed by atoms with van der Waals surface area (Å²) >= 11 is 0. The standard InChI is InChI=1S/C14H17F2NO/c1-10(9-17-12-4-5-12)8-11-2-6-13(7-3-11)18-14(15)16/h2-3,6-8,12,14,17H,4-5,9H2,1H3. The summed E-state index contributed by atoms with van der Waals surface area (Å²) in [5.74, 6) is 0.191. The molecule has 1 aromatic carbocycles. The van der Waals surface area contributed by atoms with Crippen molar-refractivity contribution in [3.63, 3.8) is 0 Å². The van der Waals surface area contributed by atoms with Gasteiger partial charge in [0.1, 0.15) is 5.75 Å². The van der Waals surface area contributed by atoms with Crippen LogP contribution < -0.4 is 10.1 Å². The van der Waals surface area contributed by atoms with Gasteiger partial charge in [-0.15, -0.1) is 0 Å². The molecule has 1 N–H and O–H groups in total. The highest BCUT2D eigenvalue weighted by Crippen LogP contribution is 2.19. The van der Waals surface area contributed by atoms with Gasteiger partial charge in [0.15, 0.2) is 0 Å². The number of hydrogen-bond donors (Lipinski definition) is 1. The Bertz CT molecular complexity index is 410. The first-order valence-electron chi connectivity index (χ1n) is 6.09. The van der Waals surface area contributed by atoms with E-state index in [0.29, 0.717) is 6.04 Å². The molecule has 1 aromatic rings. The zero-order valence-electron chi connectivity index (χ0n) is 10.3. The van der Waals surface area contributed by atoms with Crippen molar-refractivity contribution < 1.29 is 13.5 Å². The van der Waals surface area contributed by atoms with Crippen LogP contribution in [0.5, 0.6) is 5.75 Å². The van der Waals surface area contributed by atoms with Gasteiger partial charge in [-0.05, 0) is 37.5 Å². The summed E-state index contributed by atoms with van der Waals surface area (Å²) < 4.78 is 28.2. The SMILES string of the molecule is CC(=Cc1ccc(OC(F)F)cc1)CNC1CC1. The van der Waals surface area contributed by atoms with Crippen LogP contribution in [0.25, 0.3) is 6.08 Å². The molecule has 0 aliphatic heterocycles. The Labute approximate surface area is 106 Å². The first-order valence-corrected chi connectivity index (χ1v) is 6.09. The molecule has 0 bridgehead atoms. The van der Waals surface area contributed by atoms with Gasteiger partial charge in [0, 0.05) is 12.6 Å². The first kappa shape index (κ1) is 13.0. The van der Waals surface area contributed by atoms with Gasteiger partial charge in [-0.3, -0.25) is 0 Å². The molecule has 2 rings (SSSR count). The van der Waals surface area contributed by atoms with Crippen LogP contribution in [-0.2, 0) is 0 Å². The highest BCUT2D eigenvalue weighted by molar-refractivity contribution is 5.53. The Hall–Kier alpha value is -1.42. The van der Waals surface area contributed by atoms with Gasteiger partial charge in [-0.2, -0.15) is 8.78 Å². The molecule has 0 saturated heterocycles. The molecule has 0 amide bonds. The Kier molecular flexibility index (Phi) is 4.31. The molecular formula is C14H17F2NO. The molecule has 18 heavy (non-hydrogen) atoms. The molecule has 2 nitrogen and oxygen atoms in total. The summed E-state index contributed by atoms with van der Waals surface area (Å²) in [6.45, 7) is 0.162. The third-order valence-electron chi connectivity index (χ3n) is 2.77. The van der Waals surface area contributed by atoms with Crippen molar-refractivity contribution in [2.75, 3.05) is 6.54 Å². The van der Waals surface area contributed by atoms with Gasteiger partial charge < -0.3 is 10.1 Å². The molecule has 0 spiro atoms. The number of nitrogens with one attached hydrogen (secondary N) is 1. The quantitative estimate of drug-likeness (QED) is 0.838. The van der Waals surface area contributed by atoms with Crippen LogP contribution in [0.3, 0.4) is 0 Å². The minimum Gasteiger partial charge on any atom is -0.435 e. The van der Waals surface area contributed by atoms with Gasteiger partial charge in [0.05, 0.1) is 0 Å². The fraction of sp³-hybridized carbons (Fsp3) is 0.429. The predicted molar refractivity (Wildman–Crippen MR) is 67.7 cm³/mol. The van der Waals surface area contributed by atoms with Gasteiger partial charge >= 0.3 is 6.61 Å². The Morgan fingerprint density at radius 1 is 1.39 bits per heavy atom. The van der Waals surface area contributed by atoms with Crippen molar-refractivity contribution in [2.45, 2.75) is 32.4 Å². The van der Waals surface area contributed by atoms with Crippen LogP contribution in [-0.4, -0.2) is 19.2 Å². The molecule has 0 aromatic heterocycles. The summed E-state index contributed by atoms with van der Waals surface area (Å²) in [5.41, 5.74) is 2.22. The summed E-state index contributed by atoms with van der Waals surface area (Å²) in [6.07, 6.45) is 4.58. The average molecular weight is 253 g/mol. The Morgan fingerprint density at radius 3 is 2.61 bits per heavy atom. The van der Waals surface area contributed by atoms with Gasteiger partial charge in [-0.25, -0.2) is 0 Å². The van der Waals surface area contributed by atoms with E-state index in [2.05, 4.69) is 17.0 Å². The molecule has 1 saturated carbocycles. The molecule has 0 heterocycles. The van der Waals surface area contributed by atoms with Gasteiger partial charge in [-0.1, -0.05) is 23.8 Å². The third-order valence-corrected chi connectivity index (χ3v) is 2.77. The molecule has 0 atom stereocenters. The highest BCUT2D eigenvalue weighted by Gasteiger charge is 2.19. The maximum absolute atomic E-state index is 12.0. The Morgan fingerprint density at radius 2 is 2.06 bits per heavy atom. The van der Waals surface area contributed by atoms with E-state index in [1.807, 2.05) is 6.08 Å². The van der Waals surface area contributed by atoms with E-state index in [1.165, 1.54) is 18.4 Å².